The van der Waals surface area contributed by atoms with Crippen LogP contribution in [0.15, 0.2) is 23.1 Å². The van der Waals surface area contributed by atoms with Gasteiger partial charge in [-0.2, -0.15) is 4.31 Å². The molecule has 1 aliphatic heterocycles. The third kappa shape index (κ3) is 3.28. The molecule has 0 saturated carbocycles. The van der Waals surface area contributed by atoms with Crippen molar-refractivity contribution < 1.29 is 8.42 Å². The molecule has 2 N–H and O–H groups in total. The molecule has 0 atom stereocenters. The highest BCUT2D eigenvalue weighted by Crippen LogP contribution is 2.30. The largest absolute Gasteiger partial charge is 0.369 e. The van der Waals surface area contributed by atoms with E-state index in [0.717, 1.165) is 11.3 Å². The summed E-state index contributed by atoms with van der Waals surface area (Å²) in [5.74, 6) is 0. The van der Waals surface area contributed by atoms with Crippen LogP contribution >= 0.6 is 11.8 Å². The minimum Gasteiger partial charge on any atom is -0.369 e. The van der Waals surface area contributed by atoms with Crippen LogP contribution in [0.4, 0.5) is 5.69 Å². The smallest absolute Gasteiger partial charge is 0.211 e. The standard InChI is InChI=1S/C13H21N3O2S2/c1-19-13-5-3-4-12(11(13)10-14)15-6-8-16(9-7-15)20(2,17)18/h3-5H,6-10,14H2,1-2H3. The van der Waals surface area contributed by atoms with Crippen LogP contribution in [0, 0.1) is 0 Å². The van der Waals surface area contributed by atoms with Crippen molar-refractivity contribution in [1.29, 1.82) is 0 Å². The predicted octanol–water partition coefficient (Wildman–Crippen LogP) is 0.949. The lowest BCUT2D eigenvalue weighted by molar-refractivity contribution is 0.387. The van der Waals surface area contributed by atoms with E-state index in [1.807, 2.05) is 12.3 Å². The molecular formula is C13H21N3O2S2. The molecular weight excluding hydrogens is 294 g/mol. The quantitative estimate of drug-likeness (QED) is 0.838. The molecule has 112 valence electrons. The summed E-state index contributed by atoms with van der Waals surface area (Å²) in [6, 6.07) is 6.17. The van der Waals surface area contributed by atoms with E-state index in [9.17, 15) is 8.42 Å². The third-order valence-corrected chi connectivity index (χ3v) is 5.71. The minimum atomic E-state index is -3.08. The van der Waals surface area contributed by atoms with Gasteiger partial charge in [0.15, 0.2) is 0 Å². The monoisotopic (exact) mass is 315 g/mol. The summed E-state index contributed by atoms with van der Waals surface area (Å²) in [4.78, 5) is 3.42. The Labute approximate surface area is 125 Å². The second-order valence-corrected chi connectivity index (χ2v) is 7.64. The lowest BCUT2D eigenvalue weighted by atomic mass is 10.1. The van der Waals surface area contributed by atoms with E-state index in [-0.39, 0.29) is 0 Å². The van der Waals surface area contributed by atoms with Crippen molar-refractivity contribution in [2.45, 2.75) is 11.4 Å². The maximum Gasteiger partial charge on any atom is 0.211 e. The molecule has 5 nitrogen and oxygen atoms in total. The summed E-state index contributed by atoms with van der Waals surface area (Å²) in [6.45, 7) is 2.98. The van der Waals surface area contributed by atoms with Crippen molar-refractivity contribution in [2.75, 3.05) is 43.6 Å². The molecule has 1 fully saturated rings. The topological polar surface area (TPSA) is 66.6 Å². The van der Waals surface area contributed by atoms with Gasteiger partial charge >= 0.3 is 0 Å². The molecule has 0 bridgehead atoms. The Balaban J connectivity index is 2.19. The number of piperazine rings is 1. The highest BCUT2D eigenvalue weighted by Gasteiger charge is 2.24. The van der Waals surface area contributed by atoms with Gasteiger partial charge in [0.25, 0.3) is 0 Å². The first-order valence-corrected chi connectivity index (χ1v) is 9.60. The lowest BCUT2D eigenvalue weighted by Crippen LogP contribution is -2.48. The van der Waals surface area contributed by atoms with Crippen molar-refractivity contribution in [2.24, 2.45) is 5.73 Å². The highest BCUT2D eigenvalue weighted by molar-refractivity contribution is 7.98. The molecule has 0 spiro atoms. The normalized spacial score (nSPS) is 17.4. The number of anilines is 1. The number of nitrogens with zero attached hydrogens (tertiary/aromatic N) is 2. The number of benzene rings is 1. The second-order valence-electron chi connectivity index (χ2n) is 4.81. The van der Waals surface area contributed by atoms with E-state index < -0.39 is 10.0 Å². The van der Waals surface area contributed by atoms with Gasteiger partial charge in [-0.3, -0.25) is 0 Å². The number of sulfonamides is 1. The summed E-state index contributed by atoms with van der Waals surface area (Å²) < 4.78 is 24.6. The zero-order valence-corrected chi connectivity index (χ0v) is 13.5. The average Bonchev–Trinajstić information content (AvgIpc) is 2.45. The van der Waals surface area contributed by atoms with Crippen molar-refractivity contribution in [1.82, 2.24) is 4.31 Å². The Hall–Kier alpha value is -0.760. The Morgan fingerprint density at radius 3 is 2.40 bits per heavy atom. The predicted molar refractivity (Wildman–Crippen MR) is 84.7 cm³/mol. The average molecular weight is 315 g/mol. The fourth-order valence-electron chi connectivity index (χ4n) is 2.51. The zero-order chi connectivity index (χ0) is 14.8. The highest BCUT2D eigenvalue weighted by atomic mass is 32.2. The van der Waals surface area contributed by atoms with Gasteiger partial charge in [0.2, 0.25) is 10.0 Å². The Bertz CT molecular complexity index is 567. The maximum absolute atomic E-state index is 11.5. The maximum atomic E-state index is 11.5. The zero-order valence-electron chi connectivity index (χ0n) is 11.9. The molecule has 1 saturated heterocycles. The second kappa shape index (κ2) is 6.34. The number of hydrogen-bond donors (Lipinski definition) is 1. The van der Waals surface area contributed by atoms with Gasteiger partial charge in [-0.15, -0.1) is 11.8 Å². The van der Waals surface area contributed by atoms with Gasteiger partial charge < -0.3 is 10.6 Å². The van der Waals surface area contributed by atoms with Gasteiger partial charge in [-0.05, 0) is 18.4 Å². The van der Waals surface area contributed by atoms with Crippen LogP contribution in [0.25, 0.3) is 0 Å². The molecule has 7 heteroatoms. The number of thioether (sulfide) groups is 1. The van der Waals surface area contributed by atoms with Crippen LogP contribution in [-0.2, 0) is 16.6 Å². The van der Waals surface area contributed by atoms with Crippen LogP contribution in [0.1, 0.15) is 5.56 Å². The van der Waals surface area contributed by atoms with Crippen LogP contribution in [-0.4, -0.2) is 51.4 Å². The summed E-state index contributed by atoms with van der Waals surface area (Å²) in [7, 11) is -3.08. The third-order valence-electron chi connectivity index (χ3n) is 3.58. The lowest BCUT2D eigenvalue weighted by Gasteiger charge is -2.36. The van der Waals surface area contributed by atoms with Crippen molar-refractivity contribution >= 4 is 27.5 Å². The van der Waals surface area contributed by atoms with Gasteiger partial charge in [-0.25, -0.2) is 8.42 Å². The molecule has 1 aliphatic rings. The molecule has 0 unspecified atom stereocenters. The Morgan fingerprint density at radius 2 is 1.90 bits per heavy atom. The Morgan fingerprint density at radius 1 is 1.25 bits per heavy atom. The van der Waals surface area contributed by atoms with E-state index in [1.54, 1.807) is 11.8 Å². The fraction of sp³-hybridized carbons (Fsp3) is 0.538. The summed E-state index contributed by atoms with van der Waals surface area (Å²) in [6.07, 6.45) is 3.31. The van der Waals surface area contributed by atoms with Gasteiger partial charge in [-0.1, -0.05) is 6.07 Å². The van der Waals surface area contributed by atoms with Crippen LogP contribution in [0.3, 0.4) is 0 Å². The molecule has 1 aromatic rings. The SMILES string of the molecule is CSc1cccc(N2CCN(S(C)(=O)=O)CC2)c1CN. The van der Waals surface area contributed by atoms with Crippen molar-refractivity contribution in [3.8, 4) is 0 Å². The van der Waals surface area contributed by atoms with E-state index in [0.29, 0.717) is 32.7 Å². The summed E-state index contributed by atoms with van der Waals surface area (Å²) in [5.41, 5.74) is 8.16. The van der Waals surface area contributed by atoms with Gasteiger partial charge in [0, 0.05) is 48.9 Å². The van der Waals surface area contributed by atoms with Crippen LogP contribution < -0.4 is 10.6 Å². The van der Waals surface area contributed by atoms with Crippen LogP contribution in [0.5, 0.6) is 0 Å². The van der Waals surface area contributed by atoms with Crippen molar-refractivity contribution in [3.05, 3.63) is 23.8 Å². The molecule has 1 aromatic carbocycles. The number of hydrogen-bond acceptors (Lipinski definition) is 5. The molecule has 2 rings (SSSR count). The van der Waals surface area contributed by atoms with E-state index in [1.165, 1.54) is 15.5 Å². The summed E-state index contributed by atoms with van der Waals surface area (Å²) in [5, 5.41) is 0. The minimum absolute atomic E-state index is 0.499. The molecule has 1 heterocycles. The van der Waals surface area contributed by atoms with Gasteiger partial charge in [0.05, 0.1) is 6.26 Å². The molecule has 20 heavy (non-hydrogen) atoms. The van der Waals surface area contributed by atoms with E-state index in [4.69, 9.17) is 5.73 Å². The van der Waals surface area contributed by atoms with E-state index in [2.05, 4.69) is 17.0 Å². The Kier molecular flexibility index (Phi) is 4.95. The first-order chi connectivity index (χ1) is 9.47. The van der Waals surface area contributed by atoms with Crippen LogP contribution in [0.2, 0.25) is 0 Å². The van der Waals surface area contributed by atoms with E-state index >= 15 is 0 Å². The molecule has 0 amide bonds. The molecule has 0 aromatic heterocycles. The summed E-state index contributed by atoms with van der Waals surface area (Å²) >= 11 is 1.69. The van der Waals surface area contributed by atoms with Crippen molar-refractivity contribution in [3.63, 3.8) is 0 Å². The molecule has 0 aliphatic carbocycles. The first-order valence-electron chi connectivity index (χ1n) is 6.53. The molecule has 0 radical (unpaired) electrons. The first kappa shape index (κ1) is 15.6. The fourth-order valence-corrected chi connectivity index (χ4v) is 3.98. The van der Waals surface area contributed by atoms with Gasteiger partial charge in [0.1, 0.15) is 0 Å². The number of rotatable bonds is 4. The number of nitrogens with two attached hydrogens (primary N) is 1.